The molecule has 0 aliphatic carbocycles. The summed E-state index contributed by atoms with van der Waals surface area (Å²) in [7, 11) is 1.80. The Morgan fingerprint density at radius 1 is 1.39 bits per heavy atom. The number of nitrogens with one attached hydrogen (secondary N) is 1. The summed E-state index contributed by atoms with van der Waals surface area (Å²) in [6, 6.07) is 8.05. The van der Waals surface area contributed by atoms with Crippen LogP contribution < -0.4 is 5.32 Å². The van der Waals surface area contributed by atoms with Crippen molar-refractivity contribution in [1.29, 1.82) is 0 Å². The van der Waals surface area contributed by atoms with E-state index < -0.39 is 0 Å². The van der Waals surface area contributed by atoms with Gasteiger partial charge in [-0.1, -0.05) is 23.7 Å². The molecular formula is C17H21ClN4O. The van der Waals surface area contributed by atoms with Gasteiger partial charge in [-0.25, -0.2) is 0 Å². The Morgan fingerprint density at radius 2 is 2.17 bits per heavy atom. The molecule has 5 nitrogen and oxygen atoms in total. The van der Waals surface area contributed by atoms with Crippen molar-refractivity contribution in [3.05, 3.63) is 52.8 Å². The van der Waals surface area contributed by atoms with Crippen LogP contribution in [-0.4, -0.2) is 40.2 Å². The monoisotopic (exact) mass is 332 g/mol. The van der Waals surface area contributed by atoms with Gasteiger partial charge in [-0.2, -0.15) is 5.10 Å². The zero-order valence-electron chi connectivity index (χ0n) is 13.2. The van der Waals surface area contributed by atoms with Gasteiger partial charge in [0.05, 0.1) is 17.8 Å². The first-order valence-electron chi connectivity index (χ1n) is 7.90. The molecule has 0 radical (unpaired) electrons. The average Bonchev–Trinajstić information content (AvgIpc) is 3.19. The molecule has 1 N–H and O–H groups in total. The molecule has 1 aliphatic heterocycles. The first-order valence-corrected chi connectivity index (χ1v) is 8.27. The molecule has 3 rings (SSSR count). The highest BCUT2D eigenvalue weighted by Gasteiger charge is 2.24. The predicted molar refractivity (Wildman–Crippen MR) is 90.5 cm³/mol. The maximum atomic E-state index is 12.3. The molecule has 2 aromatic rings. The number of likely N-dealkylation sites (tertiary alicyclic amines) is 1. The average molecular weight is 333 g/mol. The standard InChI is InChI=1S/C17H21ClN4O/c1-21-12-14(10-20-21)17(23)19-11-16(22-7-2-3-8-22)13-5-4-6-15(18)9-13/h4-6,9-10,12,16H,2-3,7-8,11H2,1H3,(H,19,23). The number of carbonyl (C=O) groups excluding carboxylic acids is 1. The summed E-state index contributed by atoms with van der Waals surface area (Å²) in [4.78, 5) is 14.7. The van der Waals surface area contributed by atoms with E-state index in [1.807, 2.05) is 18.2 Å². The second kappa shape index (κ2) is 7.15. The Kier molecular flexibility index (Phi) is 4.98. The van der Waals surface area contributed by atoms with Crippen LogP contribution in [0.2, 0.25) is 5.02 Å². The van der Waals surface area contributed by atoms with Crippen molar-refractivity contribution < 1.29 is 4.79 Å². The lowest BCUT2D eigenvalue weighted by Gasteiger charge is -2.28. The van der Waals surface area contributed by atoms with Gasteiger partial charge in [0.25, 0.3) is 5.91 Å². The molecule has 2 heterocycles. The van der Waals surface area contributed by atoms with Gasteiger partial charge >= 0.3 is 0 Å². The lowest BCUT2D eigenvalue weighted by atomic mass is 10.1. The number of carbonyl (C=O) groups is 1. The van der Waals surface area contributed by atoms with E-state index in [9.17, 15) is 4.79 Å². The van der Waals surface area contributed by atoms with Gasteiger partial charge in [-0.05, 0) is 43.6 Å². The van der Waals surface area contributed by atoms with E-state index in [2.05, 4.69) is 21.4 Å². The van der Waals surface area contributed by atoms with Crippen LogP contribution in [0.5, 0.6) is 0 Å². The summed E-state index contributed by atoms with van der Waals surface area (Å²) >= 11 is 6.14. The van der Waals surface area contributed by atoms with Gasteiger partial charge < -0.3 is 5.32 Å². The molecular weight excluding hydrogens is 312 g/mol. The fourth-order valence-corrected chi connectivity index (χ4v) is 3.25. The SMILES string of the molecule is Cn1cc(C(=O)NCC(c2cccc(Cl)c2)N2CCCC2)cn1. The van der Waals surface area contributed by atoms with Crippen molar-refractivity contribution in [2.24, 2.45) is 7.05 Å². The molecule has 1 aromatic heterocycles. The van der Waals surface area contributed by atoms with Gasteiger partial charge in [-0.15, -0.1) is 0 Å². The fraction of sp³-hybridized carbons (Fsp3) is 0.412. The third-order valence-corrected chi connectivity index (χ3v) is 4.47. The summed E-state index contributed by atoms with van der Waals surface area (Å²) in [6.45, 7) is 2.67. The summed E-state index contributed by atoms with van der Waals surface area (Å²) < 4.78 is 1.63. The smallest absolute Gasteiger partial charge is 0.254 e. The molecule has 1 aliphatic rings. The minimum absolute atomic E-state index is 0.0932. The minimum atomic E-state index is -0.0932. The van der Waals surface area contributed by atoms with E-state index in [0.717, 1.165) is 23.7 Å². The summed E-state index contributed by atoms with van der Waals surface area (Å²) in [5, 5.41) is 7.80. The lowest BCUT2D eigenvalue weighted by molar-refractivity contribution is 0.0938. The molecule has 1 unspecified atom stereocenters. The van der Waals surface area contributed by atoms with E-state index in [0.29, 0.717) is 12.1 Å². The van der Waals surface area contributed by atoms with Crippen LogP contribution in [0.4, 0.5) is 0 Å². The minimum Gasteiger partial charge on any atom is -0.350 e. The van der Waals surface area contributed by atoms with Crippen molar-refractivity contribution in [3.8, 4) is 0 Å². The van der Waals surface area contributed by atoms with Gasteiger partial charge in [0.2, 0.25) is 0 Å². The lowest BCUT2D eigenvalue weighted by Crippen LogP contribution is -2.36. The van der Waals surface area contributed by atoms with Crippen LogP contribution in [0.15, 0.2) is 36.7 Å². The highest BCUT2D eigenvalue weighted by Crippen LogP contribution is 2.26. The second-order valence-electron chi connectivity index (χ2n) is 5.93. The van der Waals surface area contributed by atoms with Crippen LogP contribution in [0.25, 0.3) is 0 Å². The molecule has 0 saturated carbocycles. The number of aryl methyl sites for hydroxylation is 1. The van der Waals surface area contributed by atoms with Crippen LogP contribution in [0.3, 0.4) is 0 Å². The Hall–Kier alpha value is -1.85. The summed E-state index contributed by atoms with van der Waals surface area (Å²) in [5.41, 5.74) is 1.73. The normalized spacial score (nSPS) is 16.4. The molecule has 6 heteroatoms. The molecule has 0 bridgehead atoms. The van der Waals surface area contributed by atoms with Gasteiger partial charge in [0.1, 0.15) is 0 Å². The Morgan fingerprint density at radius 3 is 2.83 bits per heavy atom. The summed E-state index contributed by atoms with van der Waals surface area (Å²) in [6.07, 6.45) is 5.71. The number of halogens is 1. The molecule has 122 valence electrons. The highest BCUT2D eigenvalue weighted by molar-refractivity contribution is 6.30. The largest absolute Gasteiger partial charge is 0.350 e. The molecule has 0 spiro atoms. The van der Waals surface area contributed by atoms with Crippen LogP contribution in [-0.2, 0) is 7.05 Å². The van der Waals surface area contributed by atoms with Crippen molar-refractivity contribution in [1.82, 2.24) is 20.0 Å². The topological polar surface area (TPSA) is 50.2 Å². The number of hydrogen-bond acceptors (Lipinski definition) is 3. The molecule has 1 fully saturated rings. The van der Waals surface area contributed by atoms with Crippen molar-refractivity contribution >= 4 is 17.5 Å². The first-order chi connectivity index (χ1) is 11.1. The highest BCUT2D eigenvalue weighted by atomic mass is 35.5. The van der Waals surface area contributed by atoms with E-state index >= 15 is 0 Å². The molecule has 23 heavy (non-hydrogen) atoms. The van der Waals surface area contributed by atoms with E-state index in [-0.39, 0.29) is 11.9 Å². The zero-order valence-corrected chi connectivity index (χ0v) is 14.0. The van der Waals surface area contributed by atoms with E-state index in [1.54, 1.807) is 24.1 Å². The number of aromatic nitrogens is 2. The predicted octanol–water partition coefficient (Wildman–Crippen LogP) is 2.64. The number of hydrogen-bond donors (Lipinski definition) is 1. The molecule has 1 atom stereocenters. The molecule has 1 aromatic carbocycles. The third kappa shape index (κ3) is 3.92. The van der Waals surface area contributed by atoms with E-state index in [4.69, 9.17) is 11.6 Å². The van der Waals surface area contributed by atoms with Crippen LogP contribution in [0.1, 0.15) is 34.8 Å². The zero-order chi connectivity index (χ0) is 16.2. The van der Waals surface area contributed by atoms with Gasteiger partial charge in [0, 0.05) is 24.8 Å². The van der Waals surface area contributed by atoms with Crippen LogP contribution in [0, 0.1) is 0 Å². The first kappa shape index (κ1) is 16.0. The summed E-state index contributed by atoms with van der Waals surface area (Å²) in [5.74, 6) is -0.0932. The quantitative estimate of drug-likeness (QED) is 0.915. The Balaban J connectivity index is 1.72. The molecule has 1 amide bonds. The van der Waals surface area contributed by atoms with Crippen molar-refractivity contribution in [2.75, 3.05) is 19.6 Å². The van der Waals surface area contributed by atoms with Crippen molar-refractivity contribution in [3.63, 3.8) is 0 Å². The Bertz CT molecular complexity index is 679. The van der Waals surface area contributed by atoms with Crippen LogP contribution >= 0.6 is 11.6 Å². The third-order valence-electron chi connectivity index (χ3n) is 4.24. The number of amides is 1. The number of nitrogens with zero attached hydrogens (tertiary/aromatic N) is 3. The number of benzene rings is 1. The maximum Gasteiger partial charge on any atom is 0.254 e. The van der Waals surface area contributed by atoms with Gasteiger partial charge in [0.15, 0.2) is 0 Å². The second-order valence-corrected chi connectivity index (χ2v) is 6.36. The Labute approximate surface area is 141 Å². The van der Waals surface area contributed by atoms with Crippen molar-refractivity contribution in [2.45, 2.75) is 18.9 Å². The number of rotatable bonds is 5. The van der Waals surface area contributed by atoms with Gasteiger partial charge in [-0.3, -0.25) is 14.4 Å². The molecule has 1 saturated heterocycles. The van der Waals surface area contributed by atoms with E-state index in [1.165, 1.54) is 12.8 Å². The fourth-order valence-electron chi connectivity index (χ4n) is 3.05. The maximum absolute atomic E-state index is 12.3.